The molecule has 1 fully saturated rings. The molecular formula is C17H17N5O4S. The predicted molar refractivity (Wildman–Crippen MR) is 97.6 cm³/mol. The summed E-state index contributed by atoms with van der Waals surface area (Å²) in [5.41, 5.74) is 5.52. The van der Waals surface area contributed by atoms with Crippen molar-refractivity contribution in [3.05, 3.63) is 29.5 Å². The van der Waals surface area contributed by atoms with Crippen LogP contribution in [0.1, 0.15) is 18.0 Å². The highest BCUT2D eigenvalue weighted by Gasteiger charge is 2.53. The summed E-state index contributed by atoms with van der Waals surface area (Å²) in [4.78, 5) is 9.65. The van der Waals surface area contributed by atoms with Crippen LogP contribution in [0.4, 0.5) is 5.82 Å². The number of nitrogens with zero attached hydrogens (tertiary/aromatic N) is 4. The average molecular weight is 387 g/mol. The van der Waals surface area contributed by atoms with E-state index < -0.39 is 30.6 Å². The van der Waals surface area contributed by atoms with Gasteiger partial charge in [0.1, 0.15) is 46.5 Å². The first-order valence-corrected chi connectivity index (χ1v) is 8.98. The number of anilines is 1. The molecule has 1 saturated heterocycles. The quantitative estimate of drug-likeness (QED) is 0.510. The number of aliphatic hydroxyl groups is 3. The highest BCUT2D eigenvalue weighted by Crippen LogP contribution is 2.43. The number of ether oxygens (including phenoxy) is 1. The maximum atomic E-state index is 10.8. The molecule has 4 atom stereocenters. The van der Waals surface area contributed by atoms with E-state index >= 15 is 0 Å². The molecule has 4 heterocycles. The van der Waals surface area contributed by atoms with Crippen molar-refractivity contribution in [2.75, 3.05) is 12.3 Å². The standard InChI is InChI=1S/C17H17N5O4S/c1-17(25)13(24)10(6-23)26-16(17)22-5-9(11-3-2-8(4-18)27-11)12-14(19)20-7-21-15(12)22/h2-3,5,7,10,13,16,23-25H,6H2,1H3,(H2,19,20,21)/t10?,13?,16-,17-/m1/s1. The van der Waals surface area contributed by atoms with Gasteiger partial charge < -0.3 is 30.4 Å². The lowest BCUT2D eigenvalue weighted by Crippen LogP contribution is -2.44. The zero-order valence-corrected chi connectivity index (χ0v) is 15.1. The van der Waals surface area contributed by atoms with Crippen LogP contribution in [0.25, 0.3) is 21.5 Å². The SMILES string of the molecule is C[C@@]1(O)C(O)C(CO)O[C@H]1n1cc(-c2ccc(C#N)s2)c2c(N)ncnc21. The molecule has 0 spiro atoms. The summed E-state index contributed by atoms with van der Waals surface area (Å²) in [5, 5.41) is 40.2. The molecule has 140 valence electrons. The minimum atomic E-state index is -1.66. The molecule has 3 aromatic heterocycles. The van der Waals surface area contributed by atoms with Crippen molar-refractivity contribution in [1.29, 1.82) is 5.26 Å². The Morgan fingerprint density at radius 1 is 1.44 bits per heavy atom. The lowest BCUT2D eigenvalue weighted by Gasteiger charge is -2.27. The van der Waals surface area contributed by atoms with Crippen LogP contribution in [0.5, 0.6) is 0 Å². The fourth-order valence-electron chi connectivity index (χ4n) is 3.41. The van der Waals surface area contributed by atoms with Gasteiger partial charge in [-0.3, -0.25) is 0 Å². The molecule has 0 aliphatic carbocycles. The Morgan fingerprint density at radius 2 is 2.22 bits per heavy atom. The van der Waals surface area contributed by atoms with Gasteiger partial charge >= 0.3 is 0 Å². The van der Waals surface area contributed by atoms with Crippen molar-refractivity contribution in [2.45, 2.75) is 31.0 Å². The third kappa shape index (κ3) is 2.60. The largest absolute Gasteiger partial charge is 0.394 e. The van der Waals surface area contributed by atoms with Crippen LogP contribution in [-0.2, 0) is 4.74 Å². The second kappa shape index (κ2) is 6.26. The number of nitriles is 1. The van der Waals surface area contributed by atoms with E-state index in [1.54, 1.807) is 22.9 Å². The first-order valence-electron chi connectivity index (χ1n) is 8.16. The third-order valence-corrected chi connectivity index (χ3v) is 5.83. The zero-order chi connectivity index (χ0) is 19.3. The monoisotopic (exact) mass is 387 g/mol. The molecule has 27 heavy (non-hydrogen) atoms. The normalized spacial score (nSPS) is 27.9. The van der Waals surface area contributed by atoms with Crippen molar-refractivity contribution in [3.63, 3.8) is 0 Å². The number of aromatic nitrogens is 3. The number of nitrogens with two attached hydrogens (primary N) is 1. The van der Waals surface area contributed by atoms with Gasteiger partial charge in [-0.05, 0) is 19.1 Å². The van der Waals surface area contributed by atoms with Crippen molar-refractivity contribution >= 4 is 28.2 Å². The highest BCUT2D eigenvalue weighted by atomic mass is 32.1. The first-order chi connectivity index (χ1) is 12.9. The summed E-state index contributed by atoms with van der Waals surface area (Å²) in [6, 6.07) is 5.60. The summed E-state index contributed by atoms with van der Waals surface area (Å²) < 4.78 is 7.29. The van der Waals surface area contributed by atoms with Crippen molar-refractivity contribution in [1.82, 2.24) is 14.5 Å². The number of nitrogen functional groups attached to an aromatic ring is 1. The van der Waals surface area contributed by atoms with E-state index in [9.17, 15) is 15.3 Å². The number of hydrogen-bond donors (Lipinski definition) is 4. The smallest absolute Gasteiger partial charge is 0.167 e. The second-order valence-corrected chi connectivity index (χ2v) is 7.65. The molecule has 9 nitrogen and oxygen atoms in total. The summed E-state index contributed by atoms with van der Waals surface area (Å²) in [6.45, 7) is 1.00. The molecule has 1 aliphatic heterocycles. The molecule has 3 aromatic rings. The van der Waals surface area contributed by atoms with Crippen LogP contribution in [0, 0.1) is 11.3 Å². The maximum absolute atomic E-state index is 10.8. The van der Waals surface area contributed by atoms with Crippen LogP contribution in [0.2, 0.25) is 0 Å². The minimum absolute atomic E-state index is 0.248. The number of aliphatic hydroxyl groups excluding tert-OH is 2. The number of thiophene rings is 1. The molecule has 0 bridgehead atoms. The van der Waals surface area contributed by atoms with E-state index in [2.05, 4.69) is 16.0 Å². The summed E-state index contributed by atoms with van der Waals surface area (Å²) in [7, 11) is 0. The molecule has 0 amide bonds. The Bertz CT molecular complexity index is 1050. The Hall–Kier alpha value is -2.55. The van der Waals surface area contributed by atoms with Gasteiger partial charge in [-0.1, -0.05) is 0 Å². The number of fused-ring (bicyclic) bond motifs is 1. The zero-order valence-electron chi connectivity index (χ0n) is 14.3. The van der Waals surface area contributed by atoms with Crippen LogP contribution < -0.4 is 5.73 Å². The van der Waals surface area contributed by atoms with Crippen LogP contribution >= 0.6 is 11.3 Å². The Labute approximate surface area is 157 Å². The molecule has 10 heteroatoms. The number of rotatable bonds is 3. The highest BCUT2D eigenvalue weighted by molar-refractivity contribution is 7.16. The van der Waals surface area contributed by atoms with Crippen LogP contribution in [0.3, 0.4) is 0 Å². The van der Waals surface area contributed by atoms with E-state index in [0.717, 1.165) is 4.88 Å². The van der Waals surface area contributed by atoms with Gasteiger partial charge in [0.15, 0.2) is 6.23 Å². The van der Waals surface area contributed by atoms with Crippen LogP contribution in [-0.4, -0.2) is 54.3 Å². The molecule has 2 unspecified atom stereocenters. The van der Waals surface area contributed by atoms with Gasteiger partial charge in [-0.2, -0.15) is 5.26 Å². The number of hydrogen-bond acceptors (Lipinski definition) is 9. The molecule has 4 rings (SSSR count). The Morgan fingerprint density at radius 3 is 2.85 bits per heavy atom. The minimum Gasteiger partial charge on any atom is -0.394 e. The van der Waals surface area contributed by atoms with Crippen molar-refractivity contribution in [2.24, 2.45) is 0 Å². The lowest BCUT2D eigenvalue weighted by atomic mass is 9.96. The molecule has 1 aliphatic rings. The third-order valence-electron chi connectivity index (χ3n) is 4.81. The van der Waals surface area contributed by atoms with E-state index in [1.807, 2.05) is 0 Å². The van der Waals surface area contributed by atoms with Gasteiger partial charge in [0.25, 0.3) is 0 Å². The first kappa shape index (κ1) is 17.8. The molecule has 0 saturated carbocycles. The molecule has 5 N–H and O–H groups in total. The Balaban J connectivity index is 1.93. The molecule has 0 radical (unpaired) electrons. The molecule has 0 aromatic carbocycles. The second-order valence-electron chi connectivity index (χ2n) is 6.56. The summed E-state index contributed by atoms with van der Waals surface area (Å²) >= 11 is 1.29. The maximum Gasteiger partial charge on any atom is 0.167 e. The predicted octanol–water partition coefficient (Wildman–Crippen LogP) is 0.615. The average Bonchev–Trinajstić information content (AvgIpc) is 3.32. The lowest BCUT2D eigenvalue weighted by molar-refractivity contribution is -0.0948. The van der Waals surface area contributed by atoms with E-state index in [4.69, 9.17) is 15.7 Å². The van der Waals surface area contributed by atoms with E-state index in [0.29, 0.717) is 21.5 Å². The van der Waals surface area contributed by atoms with Gasteiger partial charge in [-0.15, -0.1) is 11.3 Å². The van der Waals surface area contributed by atoms with Gasteiger partial charge in [0, 0.05) is 16.6 Å². The van der Waals surface area contributed by atoms with Crippen molar-refractivity contribution in [3.8, 4) is 16.5 Å². The van der Waals surface area contributed by atoms with Crippen molar-refractivity contribution < 1.29 is 20.1 Å². The van der Waals surface area contributed by atoms with Gasteiger partial charge in [0.2, 0.25) is 0 Å². The fourth-order valence-corrected chi connectivity index (χ4v) is 4.23. The van der Waals surface area contributed by atoms with E-state index in [-0.39, 0.29) is 5.82 Å². The topological polar surface area (TPSA) is 150 Å². The van der Waals surface area contributed by atoms with Gasteiger partial charge in [-0.25, -0.2) is 9.97 Å². The molecular weight excluding hydrogens is 370 g/mol. The van der Waals surface area contributed by atoms with Gasteiger partial charge in [0.05, 0.1) is 12.0 Å². The van der Waals surface area contributed by atoms with E-state index in [1.165, 1.54) is 24.6 Å². The summed E-state index contributed by atoms with van der Waals surface area (Å²) in [5.74, 6) is 0.248. The van der Waals surface area contributed by atoms with Crippen LogP contribution in [0.15, 0.2) is 24.7 Å². The Kier molecular flexibility index (Phi) is 4.14. The summed E-state index contributed by atoms with van der Waals surface area (Å²) in [6.07, 6.45) is -0.201. The fraction of sp³-hybridized carbons (Fsp3) is 0.353.